The van der Waals surface area contributed by atoms with Crippen molar-refractivity contribution in [2.75, 3.05) is 0 Å². The summed E-state index contributed by atoms with van der Waals surface area (Å²) in [7, 11) is 0. The smallest absolute Gasteiger partial charge is 0.166 e. The van der Waals surface area contributed by atoms with E-state index in [0.29, 0.717) is 10.0 Å². The fourth-order valence-corrected chi connectivity index (χ4v) is 2.15. The molecule has 0 aliphatic heterocycles. The van der Waals surface area contributed by atoms with Gasteiger partial charge in [0.25, 0.3) is 0 Å². The highest BCUT2D eigenvalue weighted by Gasteiger charge is 2.11. The highest BCUT2D eigenvalue weighted by atomic mass is 79.9. The van der Waals surface area contributed by atoms with Gasteiger partial charge in [-0.2, -0.15) is 0 Å². The predicted molar refractivity (Wildman–Crippen MR) is 71.5 cm³/mol. The zero-order valence-corrected chi connectivity index (χ0v) is 11.8. The van der Waals surface area contributed by atoms with Crippen LogP contribution in [0, 0.1) is 11.6 Å². The van der Waals surface area contributed by atoms with Crippen LogP contribution in [0.5, 0.6) is 11.5 Å². The number of aliphatic hydroxyl groups excluding tert-OH is 1. The van der Waals surface area contributed by atoms with E-state index in [1.165, 1.54) is 18.2 Å². The molecule has 2 nitrogen and oxygen atoms in total. The third kappa shape index (κ3) is 3.23. The van der Waals surface area contributed by atoms with Crippen LogP contribution >= 0.6 is 27.5 Å². The first-order valence-corrected chi connectivity index (χ1v) is 6.40. The molecule has 0 aliphatic carbocycles. The van der Waals surface area contributed by atoms with Gasteiger partial charge in [0.05, 0.1) is 16.1 Å². The summed E-state index contributed by atoms with van der Waals surface area (Å²) in [5.74, 6) is -1.27. The van der Waals surface area contributed by atoms with E-state index >= 15 is 0 Å². The van der Waals surface area contributed by atoms with Gasteiger partial charge in [0.1, 0.15) is 11.6 Å². The van der Waals surface area contributed by atoms with Crippen molar-refractivity contribution in [2.45, 2.75) is 6.61 Å². The molecule has 0 radical (unpaired) electrons. The summed E-state index contributed by atoms with van der Waals surface area (Å²) in [6.45, 7) is -0.267. The molecule has 2 aromatic rings. The fourth-order valence-electron chi connectivity index (χ4n) is 1.43. The summed E-state index contributed by atoms with van der Waals surface area (Å²) in [5.41, 5.74) is 0.422. The van der Waals surface area contributed by atoms with Crippen LogP contribution in [0.25, 0.3) is 0 Å². The summed E-state index contributed by atoms with van der Waals surface area (Å²) in [4.78, 5) is 0. The second kappa shape index (κ2) is 5.86. The lowest BCUT2D eigenvalue weighted by Gasteiger charge is -2.10. The summed E-state index contributed by atoms with van der Waals surface area (Å²) in [5, 5.41) is 8.81. The number of aliphatic hydroxyl groups is 1. The Morgan fingerprint density at radius 3 is 2.47 bits per heavy atom. The largest absolute Gasteiger partial charge is 0.453 e. The summed E-state index contributed by atoms with van der Waals surface area (Å²) >= 11 is 8.75. The normalized spacial score (nSPS) is 10.6. The molecule has 1 N–H and O–H groups in total. The molecule has 2 aromatic carbocycles. The first kappa shape index (κ1) is 14.2. The molecule has 0 saturated carbocycles. The fraction of sp³-hybridized carbons (Fsp3) is 0.0769. The Morgan fingerprint density at radius 2 is 1.84 bits per heavy atom. The monoisotopic (exact) mass is 348 g/mol. The van der Waals surface area contributed by atoms with Gasteiger partial charge in [0.15, 0.2) is 11.6 Å². The zero-order valence-electron chi connectivity index (χ0n) is 9.46. The van der Waals surface area contributed by atoms with E-state index in [0.717, 1.165) is 12.1 Å². The summed E-state index contributed by atoms with van der Waals surface area (Å²) in [6, 6.07) is 6.41. The Hall–Kier alpha value is -1.17. The van der Waals surface area contributed by atoms with Gasteiger partial charge < -0.3 is 9.84 Å². The molecular formula is C13H8BrClF2O2. The second-order valence-corrected chi connectivity index (χ2v) is 4.98. The van der Waals surface area contributed by atoms with Crippen LogP contribution in [0.4, 0.5) is 8.78 Å². The van der Waals surface area contributed by atoms with Crippen LogP contribution in [0.2, 0.25) is 5.02 Å². The maximum Gasteiger partial charge on any atom is 0.166 e. The van der Waals surface area contributed by atoms with Crippen LogP contribution in [0.3, 0.4) is 0 Å². The lowest BCUT2D eigenvalue weighted by atomic mass is 10.2. The second-order valence-electron chi connectivity index (χ2n) is 3.72. The molecule has 0 aliphatic rings. The van der Waals surface area contributed by atoms with Crippen molar-refractivity contribution in [3.63, 3.8) is 0 Å². The molecule has 0 fully saturated rings. The summed E-state index contributed by atoms with van der Waals surface area (Å²) < 4.78 is 32.7. The maximum absolute atomic E-state index is 13.7. The Morgan fingerprint density at radius 1 is 1.11 bits per heavy atom. The van der Waals surface area contributed by atoms with E-state index in [1.807, 2.05) is 0 Å². The van der Waals surface area contributed by atoms with Gasteiger partial charge in [-0.3, -0.25) is 0 Å². The highest BCUT2D eigenvalue weighted by molar-refractivity contribution is 9.10. The van der Waals surface area contributed by atoms with E-state index in [9.17, 15) is 8.78 Å². The average molecular weight is 350 g/mol. The quantitative estimate of drug-likeness (QED) is 0.816. The first-order chi connectivity index (χ1) is 9.01. The van der Waals surface area contributed by atoms with Crippen molar-refractivity contribution >= 4 is 27.5 Å². The Labute approximate surface area is 121 Å². The number of hydrogen-bond acceptors (Lipinski definition) is 2. The van der Waals surface area contributed by atoms with Crippen molar-refractivity contribution in [1.82, 2.24) is 0 Å². The minimum absolute atomic E-state index is 0.0599. The van der Waals surface area contributed by atoms with Gasteiger partial charge in [-0.25, -0.2) is 8.78 Å². The third-order valence-corrected chi connectivity index (χ3v) is 3.28. The molecule has 0 amide bonds. The number of hydrogen-bond donors (Lipinski definition) is 1. The molecule has 2 rings (SSSR count). The third-order valence-electron chi connectivity index (χ3n) is 2.37. The van der Waals surface area contributed by atoms with Crippen LogP contribution in [0.1, 0.15) is 5.56 Å². The van der Waals surface area contributed by atoms with E-state index in [4.69, 9.17) is 21.4 Å². The number of halogens is 4. The van der Waals surface area contributed by atoms with E-state index in [1.54, 1.807) is 0 Å². The van der Waals surface area contributed by atoms with Crippen molar-refractivity contribution in [3.8, 4) is 11.5 Å². The molecule has 0 saturated heterocycles. The van der Waals surface area contributed by atoms with E-state index < -0.39 is 11.6 Å². The standard InChI is InChI=1S/C13H8BrClF2O2/c14-8-4-9(15)10(16)5-13(8)19-12-2-1-7(6-18)3-11(12)17/h1-5,18H,6H2. The van der Waals surface area contributed by atoms with Crippen LogP contribution in [-0.4, -0.2) is 5.11 Å². The highest BCUT2D eigenvalue weighted by Crippen LogP contribution is 2.34. The Balaban J connectivity index is 2.33. The molecule has 0 unspecified atom stereocenters. The maximum atomic E-state index is 13.7. The molecule has 0 bridgehead atoms. The van der Waals surface area contributed by atoms with Crippen LogP contribution in [0.15, 0.2) is 34.8 Å². The van der Waals surface area contributed by atoms with Gasteiger partial charge >= 0.3 is 0 Å². The molecule has 6 heteroatoms. The van der Waals surface area contributed by atoms with Crippen LogP contribution < -0.4 is 4.74 Å². The van der Waals surface area contributed by atoms with E-state index in [2.05, 4.69) is 15.9 Å². The molecule has 0 spiro atoms. The molecule has 19 heavy (non-hydrogen) atoms. The van der Waals surface area contributed by atoms with Crippen molar-refractivity contribution in [3.05, 3.63) is 57.0 Å². The summed E-state index contributed by atoms with van der Waals surface area (Å²) in [6.07, 6.45) is 0. The van der Waals surface area contributed by atoms with Crippen LogP contribution in [-0.2, 0) is 6.61 Å². The van der Waals surface area contributed by atoms with Crippen molar-refractivity contribution < 1.29 is 18.6 Å². The molecule has 100 valence electrons. The minimum Gasteiger partial charge on any atom is -0.453 e. The molecular weight excluding hydrogens is 341 g/mol. The topological polar surface area (TPSA) is 29.5 Å². The van der Waals surface area contributed by atoms with Crippen molar-refractivity contribution in [1.29, 1.82) is 0 Å². The number of ether oxygens (including phenoxy) is 1. The van der Waals surface area contributed by atoms with Gasteiger partial charge in [-0.15, -0.1) is 0 Å². The lowest BCUT2D eigenvalue weighted by Crippen LogP contribution is -1.93. The molecule has 0 heterocycles. The van der Waals surface area contributed by atoms with Gasteiger partial charge in [-0.05, 0) is 39.7 Å². The Kier molecular flexibility index (Phi) is 4.39. The van der Waals surface area contributed by atoms with Gasteiger partial charge in [0, 0.05) is 6.07 Å². The number of rotatable bonds is 3. The SMILES string of the molecule is OCc1ccc(Oc2cc(F)c(Cl)cc2Br)c(F)c1. The first-order valence-electron chi connectivity index (χ1n) is 5.23. The van der Waals surface area contributed by atoms with Gasteiger partial charge in [0.2, 0.25) is 0 Å². The predicted octanol–water partition coefficient (Wildman–Crippen LogP) is 4.67. The van der Waals surface area contributed by atoms with E-state index in [-0.39, 0.29) is 23.1 Å². The Bertz CT molecular complexity index is 620. The molecule has 0 atom stereocenters. The number of benzene rings is 2. The average Bonchev–Trinajstić information content (AvgIpc) is 2.38. The van der Waals surface area contributed by atoms with Crippen molar-refractivity contribution in [2.24, 2.45) is 0 Å². The minimum atomic E-state index is -0.660. The zero-order chi connectivity index (χ0) is 14.0. The lowest BCUT2D eigenvalue weighted by molar-refractivity contribution is 0.281. The van der Waals surface area contributed by atoms with Gasteiger partial charge in [-0.1, -0.05) is 17.7 Å². The molecule has 0 aromatic heterocycles.